The summed E-state index contributed by atoms with van der Waals surface area (Å²) < 4.78 is 1.98. The summed E-state index contributed by atoms with van der Waals surface area (Å²) in [7, 11) is 3.44. The maximum atomic E-state index is 12.3. The van der Waals surface area contributed by atoms with Crippen LogP contribution in [0.1, 0.15) is 26.3 Å². The van der Waals surface area contributed by atoms with Crippen molar-refractivity contribution in [3.05, 3.63) is 89.7 Å². The first-order valence-corrected chi connectivity index (χ1v) is 8.37. The van der Waals surface area contributed by atoms with Crippen LogP contribution in [0.3, 0.4) is 0 Å². The number of benzene rings is 2. The van der Waals surface area contributed by atoms with E-state index >= 15 is 0 Å². The average molecular weight is 347 g/mol. The Hall–Kier alpha value is -3.34. The molecule has 3 rings (SSSR count). The lowest BCUT2D eigenvalue weighted by atomic mass is 10.1. The molecule has 3 aromatic rings. The fraction of sp³-hybridized carbons (Fsp3) is 0.143. The normalized spacial score (nSPS) is 10.4. The van der Waals surface area contributed by atoms with Crippen molar-refractivity contribution in [2.24, 2.45) is 0 Å². The summed E-state index contributed by atoms with van der Waals surface area (Å²) in [6.07, 6.45) is 3.92. The van der Waals surface area contributed by atoms with Gasteiger partial charge < -0.3 is 14.8 Å². The molecule has 2 amide bonds. The minimum Gasteiger partial charge on any atom is -0.348 e. The van der Waals surface area contributed by atoms with Gasteiger partial charge in [-0.05, 0) is 54.1 Å². The number of aromatic nitrogens is 1. The minimum atomic E-state index is -0.127. The number of rotatable bonds is 5. The van der Waals surface area contributed by atoms with Crippen LogP contribution >= 0.6 is 0 Å². The highest BCUT2D eigenvalue weighted by Gasteiger charge is 2.08. The molecule has 0 unspecified atom stereocenters. The third-order valence-corrected chi connectivity index (χ3v) is 4.09. The monoisotopic (exact) mass is 347 g/mol. The van der Waals surface area contributed by atoms with E-state index < -0.39 is 0 Å². The van der Waals surface area contributed by atoms with Gasteiger partial charge in [0.05, 0.1) is 0 Å². The molecule has 1 heterocycles. The molecule has 0 spiro atoms. The van der Waals surface area contributed by atoms with Crippen LogP contribution in [0, 0.1) is 0 Å². The molecule has 0 bridgehead atoms. The molecular weight excluding hydrogens is 326 g/mol. The molecule has 1 aromatic heterocycles. The minimum absolute atomic E-state index is 0.0385. The summed E-state index contributed by atoms with van der Waals surface area (Å²) in [6.45, 7) is 0.411. The summed E-state index contributed by atoms with van der Waals surface area (Å²) in [5.74, 6) is -0.166. The van der Waals surface area contributed by atoms with Crippen molar-refractivity contribution in [2.75, 3.05) is 14.1 Å². The lowest BCUT2D eigenvalue weighted by Gasteiger charge is -2.11. The summed E-state index contributed by atoms with van der Waals surface area (Å²) in [4.78, 5) is 25.7. The smallest absolute Gasteiger partial charge is 0.253 e. The molecule has 5 heteroatoms. The summed E-state index contributed by atoms with van der Waals surface area (Å²) in [5.41, 5.74) is 3.19. The van der Waals surface area contributed by atoms with E-state index in [-0.39, 0.29) is 11.8 Å². The lowest BCUT2D eigenvalue weighted by Crippen LogP contribution is -2.23. The van der Waals surface area contributed by atoms with Crippen molar-refractivity contribution < 1.29 is 9.59 Å². The Morgan fingerprint density at radius 2 is 1.46 bits per heavy atom. The van der Waals surface area contributed by atoms with Gasteiger partial charge in [-0.25, -0.2) is 0 Å². The van der Waals surface area contributed by atoms with Gasteiger partial charge in [-0.1, -0.05) is 12.1 Å². The molecule has 0 radical (unpaired) electrons. The van der Waals surface area contributed by atoms with E-state index in [0.717, 1.165) is 11.3 Å². The second-order valence-electron chi connectivity index (χ2n) is 6.22. The summed E-state index contributed by atoms with van der Waals surface area (Å²) in [5, 5.41) is 2.90. The molecule has 0 saturated carbocycles. The second-order valence-corrected chi connectivity index (χ2v) is 6.22. The highest BCUT2D eigenvalue weighted by molar-refractivity contribution is 5.94. The molecule has 5 nitrogen and oxygen atoms in total. The van der Waals surface area contributed by atoms with Gasteiger partial charge in [0.1, 0.15) is 0 Å². The Kier molecular flexibility index (Phi) is 5.17. The topological polar surface area (TPSA) is 54.3 Å². The van der Waals surface area contributed by atoms with Crippen LogP contribution in [0.5, 0.6) is 0 Å². The quantitative estimate of drug-likeness (QED) is 0.771. The van der Waals surface area contributed by atoms with Crippen LogP contribution < -0.4 is 5.32 Å². The third-order valence-electron chi connectivity index (χ3n) is 4.09. The van der Waals surface area contributed by atoms with E-state index in [4.69, 9.17) is 0 Å². The standard InChI is InChI=1S/C21H21N3O2/c1-23(2)21(26)18-7-5-16(6-8-18)15-22-20(25)17-9-11-19(12-10-17)24-13-3-4-14-24/h3-14H,15H2,1-2H3,(H,22,25). The van der Waals surface area contributed by atoms with Crippen molar-refractivity contribution in [3.63, 3.8) is 0 Å². The Morgan fingerprint density at radius 3 is 2.04 bits per heavy atom. The zero-order valence-corrected chi connectivity index (χ0v) is 14.8. The van der Waals surface area contributed by atoms with Crippen molar-refractivity contribution in [1.29, 1.82) is 0 Å². The molecule has 2 aromatic carbocycles. The third kappa shape index (κ3) is 4.00. The molecule has 0 aliphatic heterocycles. The maximum absolute atomic E-state index is 12.3. The van der Waals surface area contributed by atoms with Gasteiger partial charge in [0, 0.05) is 49.8 Å². The first kappa shape index (κ1) is 17.5. The van der Waals surface area contributed by atoms with Gasteiger partial charge in [0.15, 0.2) is 0 Å². The molecule has 0 aliphatic rings. The number of amides is 2. The van der Waals surface area contributed by atoms with Gasteiger partial charge in [0.25, 0.3) is 11.8 Å². The largest absolute Gasteiger partial charge is 0.348 e. The van der Waals surface area contributed by atoms with Crippen LogP contribution in [0.15, 0.2) is 73.1 Å². The first-order valence-electron chi connectivity index (χ1n) is 8.37. The summed E-state index contributed by atoms with van der Waals surface area (Å²) >= 11 is 0. The zero-order valence-electron chi connectivity index (χ0n) is 14.8. The molecule has 132 valence electrons. The van der Waals surface area contributed by atoms with E-state index in [2.05, 4.69) is 5.32 Å². The molecule has 0 atom stereocenters. The molecular formula is C21H21N3O2. The van der Waals surface area contributed by atoms with Crippen molar-refractivity contribution in [1.82, 2.24) is 14.8 Å². The van der Waals surface area contributed by atoms with Gasteiger partial charge in [-0.2, -0.15) is 0 Å². The SMILES string of the molecule is CN(C)C(=O)c1ccc(CNC(=O)c2ccc(-n3cccc3)cc2)cc1. The number of hydrogen-bond acceptors (Lipinski definition) is 2. The highest BCUT2D eigenvalue weighted by Crippen LogP contribution is 2.11. The Labute approximate surface area is 152 Å². The number of nitrogens with one attached hydrogen (secondary N) is 1. The van der Waals surface area contributed by atoms with Crippen LogP contribution in [0.2, 0.25) is 0 Å². The number of carbonyl (C=O) groups excluding carboxylic acids is 2. The van der Waals surface area contributed by atoms with Crippen LogP contribution in [-0.4, -0.2) is 35.4 Å². The molecule has 0 aliphatic carbocycles. The summed E-state index contributed by atoms with van der Waals surface area (Å²) in [6, 6.07) is 18.6. The van der Waals surface area contributed by atoms with Crippen molar-refractivity contribution in [2.45, 2.75) is 6.54 Å². The zero-order chi connectivity index (χ0) is 18.5. The highest BCUT2D eigenvalue weighted by atomic mass is 16.2. The second kappa shape index (κ2) is 7.70. The van der Waals surface area contributed by atoms with Crippen LogP contribution in [0.25, 0.3) is 5.69 Å². The van der Waals surface area contributed by atoms with E-state index in [1.54, 1.807) is 26.2 Å². The van der Waals surface area contributed by atoms with Crippen molar-refractivity contribution in [3.8, 4) is 5.69 Å². The predicted molar refractivity (Wildman–Crippen MR) is 101 cm³/mol. The molecule has 0 saturated heterocycles. The number of carbonyl (C=O) groups is 2. The van der Waals surface area contributed by atoms with Crippen LogP contribution in [-0.2, 0) is 6.54 Å². The average Bonchev–Trinajstić information content (AvgIpc) is 3.21. The van der Waals surface area contributed by atoms with E-state index in [1.807, 2.05) is 65.5 Å². The molecule has 26 heavy (non-hydrogen) atoms. The lowest BCUT2D eigenvalue weighted by molar-refractivity contribution is 0.0827. The molecule has 0 fully saturated rings. The molecule has 1 N–H and O–H groups in total. The van der Waals surface area contributed by atoms with Gasteiger partial charge in [-0.3, -0.25) is 9.59 Å². The Bertz CT molecular complexity index is 880. The number of nitrogens with zero attached hydrogens (tertiary/aromatic N) is 2. The predicted octanol–water partition coefficient (Wildman–Crippen LogP) is 3.11. The van der Waals surface area contributed by atoms with Crippen molar-refractivity contribution >= 4 is 11.8 Å². The van der Waals surface area contributed by atoms with E-state index in [9.17, 15) is 9.59 Å². The van der Waals surface area contributed by atoms with E-state index in [1.165, 1.54) is 4.90 Å². The fourth-order valence-corrected chi connectivity index (χ4v) is 2.60. The number of hydrogen-bond donors (Lipinski definition) is 1. The van der Waals surface area contributed by atoms with Gasteiger partial charge >= 0.3 is 0 Å². The van der Waals surface area contributed by atoms with Crippen LogP contribution in [0.4, 0.5) is 0 Å². The fourth-order valence-electron chi connectivity index (χ4n) is 2.60. The maximum Gasteiger partial charge on any atom is 0.253 e. The van der Waals surface area contributed by atoms with Gasteiger partial charge in [0.2, 0.25) is 0 Å². The van der Waals surface area contributed by atoms with E-state index in [0.29, 0.717) is 17.7 Å². The van der Waals surface area contributed by atoms with Gasteiger partial charge in [-0.15, -0.1) is 0 Å². The first-order chi connectivity index (χ1) is 12.5. The Balaban J connectivity index is 1.59. The Morgan fingerprint density at radius 1 is 0.885 bits per heavy atom.